The van der Waals surface area contributed by atoms with Gasteiger partial charge in [0.25, 0.3) is 0 Å². The third-order valence-electron chi connectivity index (χ3n) is 5.62. The normalized spacial score (nSPS) is 36.3. The molecule has 0 bridgehead atoms. The molecule has 122 valence electrons. The lowest BCUT2D eigenvalue weighted by molar-refractivity contribution is -0.142. The van der Waals surface area contributed by atoms with E-state index in [2.05, 4.69) is 39.8 Å². The van der Waals surface area contributed by atoms with Gasteiger partial charge in [0.1, 0.15) is 6.10 Å². The van der Waals surface area contributed by atoms with Gasteiger partial charge in [0.2, 0.25) is 0 Å². The monoisotopic (exact) mass is 302 g/mol. The molecule has 0 aliphatic heterocycles. The Hall–Kier alpha value is -1.31. The average molecular weight is 302 g/mol. The first-order chi connectivity index (χ1) is 10.3. The summed E-state index contributed by atoms with van der Waals surface area (Å²) in [5, 5.41) is 0. The van der Waals surface area contributed by atoms with Gasteiger partial charge in [-0.15, -0.1) is 0 Å². The topological polar surface area (TPSA) is 26.3 Å². The first-order valence-electron chi connectivity index (χ1n) is 8.45. The summed E-state index contributed by atoms with van der Waals surface area (Å²) in [5.74, 6) is 1.19. The summed E-state index contributed by atoms with van der Waals surface area (Å²) in [4.78, 5) is 12.1. The van der Waals surface area contributed by atoms with Crippen LogP contribution in [0.3, 0.4) is 0 Å². The molecular weight excluding hydrogens is 272 g/mol. The van der Waals surface area contributed by atoms with Crippen molar-refractivity contribution >= 4 is 5.97 Å². The van der Waals surface area contributed by atoms with Crippen molar-refractivity contribution in [2.45, 2.75) is 66.9 Å². The molecule has 0 aromatic heterocycles. The molecule has 22 heavy (non-hydrogen) atoms. The maximum Gasteiger partial charge on any atom is 0.333 e. The molecule has 3 atom stereocenters. The van der Waals surface area contributed by atoms with Gasteiger partial charge in [0.05, 0.1) is 0 Å². The van der Waals surface area contributed by atoms with Crippen LogP contribution in [0.5, 0.6) is 0 Å². The van der Waals surface area contributed by atoms with Crippen molar-refractivity contribution in [2.75, 3.05) is 0 Å². The highest BCUT2D eigenvalue weighted by Gasteiger charge is 2.55. The Morgan fingerprint density at radius 1 is 1.36 bits per heavy atom. The molecule has 2 rings (SSSR count). The van der Waals surface area contributed by atoms with Crippen LogP contribution in [0.25, 0.3) is 0 Å². The van der Waals surface area contributed by atoms with Crippen molar-refractivity contribution in [3.05, 3.63) is 34.9 Å². The number of carbonyl (C=O) groups excluding carboxylic acids is 1. The minimum atomic E-state index is -0.199. The zero-order valence-corrected chi connectivity index (χ0v) is 14.9. The number of carbonyl (C=O) groups is 1. The van der Waals surface area contributed by atoms with E-state index in [9.17, 15) is 4.79 Å². The van der Waals surface area contributed by atoms with Crippen molar-refractivity contribution in [3.8, 4) is 0 Å². The number of ether oxygens (including phenoxy) is 1. The Bertz CT molecular complexity index is 534. The Morgan fingerprint density at radius 3 is 2.68 bits per heavy atom. The minimum absolute atomic E-state index is 0.132. The smallest absolute Gasteiger partial charge is 0.333 e. The van der Waals surface area contributed by atoms with Crippen molar-refractivity contribution in [1.29, 1.82) is 0 Å². The van der Waals surface area contributed by atoms with Crippen LogP contribution in [0.15, 0.2) is 34.9 Å². The second-order valence-electron chi connectivity index (χ2n) is 7.55. The fourth-order valence-corrected chi connectivity index (χ4v) is 3.52. The molecule has 2 nitrogen and oxygen atoms in total. The van der Waals surface area contributed by atoms with Crippen LogP contribution in [0.1, 0.15) is 60.8 Å². The molecule has 1 saturated carbocycles. The lowest BCUT2D eigenvalue weighted by atomic mass is 9.99. The lowest BCUT2D eigenvalue weighted by Crippen LogP contribution is -2.20. The first-order valence-corrected chi connectivity index (χ1v) is 8.45. The van der Waals surface area contributed by atoms with Gasteiger partial charge in [-0.05, 0) is 63.4 Å². The number of rotatable bonds is 2. The largest absolute Gasteiger partial charge is 0.454 e. The summed E-state index contributed by atoms with van der Waals surface area (Å²) in [5.41, 5.74) is 3.68. The van der Waals surface area contributed by atoms with Gasteiger partial charge in [-0.3, -0.25) is 0 Å². The van der Waals surface area contributed by atoms with E-state index in [1.165, 1.54) is 17.6 Å². The Kier molecular flexibility index (Phi) is 4.99. The molecule has 2 aliphatic rings. The molecule has 0 radical (unpaired) electrons. The second-order valence-corrected chi connectivity index (χ2v) is 7.55. The van der Waals surface area contributed by atoms with E-state index in [1.807, 2.05) is 19.9 Å². The van der Waals surface area contributed by atoms with Crippen molar-refractivity contribution in [1.82, 2.24) is 0 Å². The van der Waals surface area contributed by atoms with Crippen LogP contribution in [-0.4, -0.2) is 12.1 Å². The second kappa shape index (κ2) is 6.44. The van der Waals surface area contributed by atoms with Crippen LogP contribution < -0.4 is 0 Å². The van der Waals surface area contributed by atoms with E-state index < -0.39 is 0 Å². The van der Waals surface area contributed by atoms with Crippen LogP contribution >= 0.6 is 0 Å². The molecule has 0 spiro atoms. The van der Waals surface area contributed by atoms with E-state index >= 15 is 0 Å². The van der Waals surface area contributed by atoms with Gasteiger partial charge in [0, 0.05) is 12.0 Å². The number of hydrogen-bond acceptors (Lipinski definition) is 2. The molecule has 0 amide bonds. The third kappa shape index (κ3) is 3.53. The Balaban J connectivity index is 2.21. The maximum absolute atomic E-state index is 12.1. The highest BCUT2D eigenvalue weighted by Crippen LogP contribution is 2.61. The molecule has 1 fully saturated rings. The van der Waals surface area contributed by atoms with E-state index in [0.29, 0.717) is 16.9 Å². The summed E-state index contributed by atoms with van der Waals surface area (Å²) in [6.45, 7) is 12.7. The zero-order valence-electron chi connectivity index (χ0n) is 14.9. The summed E-state index contributed by atoms with van der Waals surface area (Å²) < 4.78 is 5.75. The maximum atomic E-state index is 12.1. The van der Waals surface area contributed by atoms with E-state index in [0.717, 1.165) is 18.8 Å². The molecule has 0 unspecified atom stereocenters. The lowest BCUT2D eigenvalue weighted by Gasteiger charge is -2.19. The van der Waals surface area contributed by atoms with Crippen LogP contribution in [0.4, 0.5) is 0 Å². The summed E-state index contributed by atoms with van der Waals surface area (Å²) in [6.07, 6.45) is 9.50. The van der Waals surface area contributed by atoms with Gasteiger partial charge in [0.15, 0.2) is 0 Å². The van der Waals surface area contributed by atoms with Crippen LogP contribution in [0.2, 0.25) is 0 Å². The van der Waals surface area contributed by atoms with Gasteiger partial charge in [-0.25, -0.2) is 4.79 Å². The van der Waals surface area contributed by atoms with Gasteiger partial charge in [-0.1, -0.05) is 37.6 Å². The molecule has 0 aromatic carbocycles. The average Bonchev–Trinajstić information content (AvgIpc) is 2.99. The predicted octanol–water partition coefficient (Wildman–Crippen LogP) is 5.21. The number of fused-ring (bicyclic) bond motifs is 1. The highest BCUT2D eigenvalue weighted by atomic mass is 16.5. The summed E-state index contributed by atoms with van der Waals surface area (Å²) in [6, 6.07) is 0. The molecular formula is C20H30O2. The zero-order chi connectivity index (χ0) is 16.5. The van der Waals surface area contributed by atoms with Crippen LogP contribution in [0, 0.1) is 17.3 Å². The fraction of sp³-hybridized carbons (Fsp3) is 0.650. The molecule has 0 N–H and O–H groups in total. The van der Waals surface area contributed by atoms with Gasteiger partial charge < -0.3 is 4.74 Å². The first kappa shape index (κ1) is 17.1. The quantitative estimate of drug-likeness (QED) is 0.397. The Morgan fingerprint density at radius 2 is 2.05 bits per heavy atom. The molecule has 2 aliphatic carbocycles. The standard InChI is InChI=1S/C20H30O2/c1-7-14(3)19(21)22-18-11-9-13(2)8-10-16-17(12-15(18)4)20(16,5)6/h7,9,12,16-18H,8,10-11H2,1-6H3/b13-9+,14-7+,15-12+/t16-,17+,18-/m0/s1. The number of esters is 1. The van der Waals surface area contributed by atoms with Crippen molar-refractivity contribution in [3.63, 3.8) is 0 Å². The predicted molar refractivity (Wildman–Crippen MR) is 91.4 cm³/mol. The van der Waals surface area contributed by atoms with E-state index in [4.69, 9.17) is 4.74 Å². The third-order valence-corrected chi connectivity index (χ3v) is 5.62. The number of hydrogen-bond donors (Lipinski definition) is 0. The SMILES string of the molecule is C/C=C(\C)C(=O)O[C@H]1C/C=C(\C)CC[C@H]2[C@@H](/C=C/1C)C2(C)C. The summed E-state index contributed by atoms with van der Waals surface area (Å²) in [7, 11) is 0. The van der Waals surface area contributed by atoms with Crippen molar-refractivity contribution < 1.29 is 9.53 Å². The molecule has 0 aromatic rings. The van der Waals surface area contributed by atoms with Crippen LogP contribution in [-0.2, 0) is 9.53 Å². The van der Waals surface area contributed by atoms with E-state index in [-0.39, 0.29) is 12.1 Å². The molecule has 0 saturated heterocycles. The highest BCUT2D eigenvalue weighted by molar-refractivity contribution is 5.87. The Labute approximate surface area is 135 Å². The fourth-order valence-electron chi connectivity index (χ4n) is 3.52. The summed E-state index contributed by atoms with van der Waals surface area (Å²) >= 11 is 0. The van der Waals surface area contributed by atoms with E-state index in [1.54, 1.807) is 0 Å². The molecule has 2 heteroatoms. The number of allylic oxidation sites excluding steroid dienone is 3. The molecule has 0 heterocycles. The van der Waals surface area contributed by atoms with Gasteiger partial charge in [-0.2, -0.15) is 0 Å². The minimum Gasteiger partial charge on any atom is -0.454 e. The van der Waals surface area contributed by atoms with Gasteiger partial charge >= 0.3 is 5.97 Å². The van der Waals surface area contributed by atoms with Crippen molar-refractivity contribution in [2.24, 2.45) is 17.3 Å².